The number of hydrogen-bond acceptors (Lipinski definition) is 3. The van der Waals surface area contributed by atoms with Crippen molar-refractivity contribution >= 4 is 12.9 Å². The zero-order chi connectivity index (χ0) is 15.3. The van der Waals surface area contributed by atoms with Gasteiger partial charge in [0.15, 0.2) is 0 Å². The van der Waals surface area contributed by atoms with Gasteiger partial charge in [-0.3, -0.25) is 4.57 Å². The van der Waals surface area contributed by atoms with Crippen LogP contribution in [-0.2, 0) is 13.6 Å². The highest BCUT2D eigenvalue weighted by atomic mass is 31.2. The van der Waals surface area contributed by atoms with Gasteiger partial charge in [0.05, 0.1) is 18.5 Å². The van der Waals surface area contributed by atoms with Crippen molar-refractivity contribution in [1.82, 2.24) is 0 Å². The third kappa shape index (κ3) is 3.72. The van der Waals surface area contributed by atoms with Gasteiger partial charge in [-0.15, -0.1) is 0 Å². The molecule has 1 aromatic rings. The second kappa shape index (κ2) is 7.40. The van der Waals surface area contributed by atoms with Crippen LogP contribution in [0.1, 0.15) is 64.5 Å². The fourth-order valence-electron chi connectivity index (χ4n) is 2.33. The van der Waals surface area contributed by atoms with Crippen molar-refractivity contribution in [3.8, 4) is 0 Å². The Kier molecular flexibility index (Phi) is 6.44. The average Bonchev–Trinajstić information content (AvgIpc) is 2.38. The van der Waals surface area contributed by atoms with Gasteiger partial charge in [0.2, 0.25) is 0 Å². The lowest BCUT2D eigenvalue weighted by Gasteiger charge is -2.25. The zero-order valence-corrected chi connectivity index (χ0v) is 14.4. The summed E-state index contributed by atoms with van der Waals surface area (Å²) in [6.07, 6.45) is 0. The van der Waals surface area contributed by atoms with Gasteiger partial charge < -0.3 is 9.05 Å². The first-order chi connectivity index (χ1) is 9.37. The Morgan fingerprint density at radius 2 is 1.35 bits per heavy atom. The minimum atomic E-state index is -3.25. The third-order valence-corrected chi connectivity index (χ3v) is 5.47. The van der Waals surface area contributed by atoms with Gasteiger partial charge in [-0.05, 0) is 36.8 Å². The molecule has 0 fully saturated rings. The molecule has 0 heterocycles. The van der Waals surface area contributed by atoms with Crippen LogP contribution < -0.4 is 5.30 Å². The first kappa shape index (κ1) is 17.4. The molecule has 0 atom stereocenters. The molecule has 4 heteroatoms. The molecule has 0 aliphatic rings. The highest BCUT2D eigenvalue weighted by Gasteiger charge is 2.33. The van der Waals surface area contributed by atoms with E-state index in [0.29, 0.717) is 13.2 Å². The molecule has 0 aromatic heterocycles. The van der Waals surface area contributed by atoms with Crippen LogP contribution in [0.25, 0.3) is 0 Å². The lowest BCUT2D eigenvalue weighted by molar-refractivity contribution is 0.229. The number of benzene rings is 1. The summed E-state index contributed by atoms with van der Waals surface area (Å²) >= 11 is 0. The highest BCUT2D eigenvalue weighted by molar-refractivity contribution is 7.62. The van der Waals surface area contributed by atoms with E-state index in [9.17, 15) is 4.57 Å². The quantitative estimate of drug-likeness (QED) is 0.677. The van der Waals surface area contributed by atoms with E-state index >= 15 is 0 Å². The lowest BCUT2D eigenvalue weighted by Crippen LogP contribution is -2.22. The molecule has 3 nitrogen and oxygen atoms in total. The Morgan fingerprint density at radius 3 is 1.65 bits per heavy atom. The van der Waals surface area contributed by atoms with Gasteiger partial charge in [0.25, 0.3) is 0 Å². The van der Waals surface area contributed by atoms with Gasteiger partial charge in [-0.2, -0.15) is 0 Å². The molecule has 0 radical (unpaired) electrons. The first-order valence-electron chi connectivity index (χ1n) is 7.39. The molecule has 0 unspecified atom stereocenters. The Balaban J connectivity index is 3.55. The van der Waals surface area contributed by atoms with Crippen molar-refractivity contribution in [2.45, 2.75) is 53.4 Å². The fourth-order valence-corrected chi connectivity index (χ4v) is 4.64. The predicted octanol–water partition coefficient (Wildman–Crippen LogP) is 4.82. The number of rotatable bonds is 7. The van der Waals surface area contributed by atoms with Crippen LogP contribution in [-0.4, -0.2) is 13.2 Å². The van der Waals surface area contributed by atoms with E-state index in [1.165, 1.54) is 0 Å². The molecule has 0 amide bonds. The Hall–Kier alpha value is -0.630. The van der Waals surface area contributed by atoms with Gasteiger partial charge >= 0.3 is 7.60 Å². The minimum absolute atomic E-state index is 0.276. The van der Waals surface area contributed by atoms with Crippen LogP contribution in [0, 0.1) is 0 Å². The van der Waals surface area contributed by atoms with Gasteiger partial charge in [0, 0.05) is 0 Å². The van der Waals surface area contributed by atoms with E-state index in [-0.39, 0.29) is 11.8 Å². The van der Waals surface area contributed by atoms with Crippen LogP contribution in [0.15, 0.2) is 18.2 Å². The van der Waals surface area contributed by atoms with E-state index in [1.54, 1.807) is 0 Å². The van der Waals surface area contributed by atoms with Gasteiger partial charge in [-0.25, -0.2) is 0 Å². The molecule has 0 saturated carbocycles. The standard InChI is InChI=1S/C16H27O3P/c1-7-18-20(17,19-8-2)16-14(12(3)4)10-9-11-15(16)13(5)6/h9-13H,7-8H2,1-6H3. The summed E-state index contributed by atoms with van der Waals surface area (Å²) in [7, 11) is -3.25. The predicted molar refractivity (Wildman–Crippen MR) is 85.1 cm³/mol. The maximum absolute atomic E-state index is 13.2. The second-order valence-corrected chi connectivity index (χ2v) is 7.39. The second-order valence-electron chi connectivity index (χ2n) is 5.43. The summed E-state index contributed by atoms with van der Waals surface area (Å²) in [5, 5.41) is 0.772. The van der Waals surface area contributed by atoms with Crippen molar-refractivity contribution in [1.29, 1.82) is 0 Å². The molecule has 114 valence electrons. The monoisotopic (exact) mass is 298 g/mol. The van der Waals surface area contributed by atoms with Crippen LogP contribution in [0.5, 0.6) is 0 Å². The largest absolute Gasteiger partial charge is 0.361 e. The SMILES string of the molecule is CCOP(=O)(OCC)c1c(C(C)C)cccc1C(C)C. The van der Waals surface area contributed by atoms with Gasteiger partial charge in [-0.1, -0.05) is 45.9 Å². The maximum Gasteiger partial charge on any atom is 0.361 e. The van der Waals surface area contributed by atoms with E-state index in [4.69, 9.17) is 9.05 Å². The molecule has 0 N–H and O–H groups in total. The van der Waals surface area contributed by atoms with Crippen LogP contribution in [0.2, 0.25) is 0 Å². The van der Waals surface area contributed by atoms with Crippen molar-refractivity contribution in [2.24, 2.45) is 0 Å². The lowest BCUT2D eigenvalue weighted by atomic mass is 9.95. The van der Waals surface area contributed by atoms with Gasteiger partial charge in [0.1, 0.15) is 0 Å². The third-order valence-electron chi connectivity index (χ3n) is 3.21. The molecule has 0 aliphatic heterocycles. The Morgan fingerprint density at radius 1 is 0.950 bits per heavy atom. The molecular formula is C16H27O3P. The van der Waals surface area contributed by atoms with E-state index in [2.05, 4.69) is 27.7 Å². The topological polar surface area (TPSA) is 35.5 Å². The van der Waals surface area contributed by atoms with Crippen LogP contribution in [0.3, 0.4) is 0 Å². The van der Waals surface area contributed by atoms with Crippen molar-refractivity contribution in [3.63, 3.8) is 0 Å². The average molecular weight is 298 g/mol. The highest BCUT2D eigenvalue weighted by Crippen LogP contribution is 2.50. The van der Waals surface area contributed by atoms with Crippen LogP contribution in [0.4, 0.5) is 0 Å². The summed E-state index contributed by atoms with van der Waals surface area (Å²) in [4.78, 5) is 0. The van der Waals surface area contributed by atoms with Crippen molar-refractivity contribution < 1.29 is 13.6 Å². The van der Waals surface area contributed by atoms with Crippen molar-refractivity contribution in [2.75, 3.05) is 13.2 Å². The summed E-state index contributed by atoms with van der Waals surface area (Å²) in [5.41, 5.74) is 2.11. The molecule has 0 bridgehead atoms. The summed E-state index contributed by atoms with van der Waals surface area (Å²) in [5.74, 6) is 0.552. The van der Waals surface area contributed by atoms with Crippen molar-refractivity contribution in [3.05, 3.63) is 29.3 Å². The molecule has 20 heavy (non-hydrogen) atoms. The molecule has 0 saturated heterocycles. The van der Waals surface area contributed by atoms with Crippen LogP contribution >= 0.6 is 7.60 Å². The fraction of sp³-hybridized carbons (Fsp3) is 0.625. The molecular weight excluding hydrogens is 271 g/mol. The van der Waals surface area contributed by atoms with E-state index < -0.39 is 7.60 Å². The molecule has 1 aromatic carbocycles. The summed E-state index contributed by atoms with van der Waals surface area (Å²) < 4.78 is 24.4. The van der Waals surface area contributed by atoms with E-state index in [1.807, 2.05) is 32.0 Å². The maximum atomic E-state index is 13.2. The summed E-state index contributed by atoms with van der Waals surface area (Å²) in [6.45, 7) is 12.9. The molecule has 0 aliphatic carbocycles. The number of hydrogen-bond donors (Lipinski definition) is 0. The normalized spacial score (nSPS) is 12.4. The Labute approximate surface area is 123 Å². The summed E-state index contributed by atoms with van der Waals surface area (Å²) in [6, 6.07) is 6.07. The minimum Gasteiger partial charge on any atom is -0.305 e. The van der Waals surface area contributed by atoms with E-state index in [0.717, 1.165) is 16.4 Å². The molecule has 0 spiro atoms. The first-order valence-corrected chi connectivity index (χ1v) is 8.94. The Bertz CT molecular complexity index is 444. The smallest absolute Gasteiger partial charge is 0.305 e. The molecule has 1 rings (SSSR count). The zero-order valence-electron chi connectivity index (χ0n) is 13.5.